The third kappa shape index (κ3) is 28.5. The zero-order valence-electron chi connectivity index (χ0n) is 66.8. The standard InChI is InChI=1S/C77H113N17O24S/c1-44(82-64-74(114)94-65(76(115)116)77(2,3)119-75(64)94)63(45-20-10-9-11-21-45)90-59(102)27-13-8-6-4-5-7-12-26-58(101)78-31-16-14-22-47(85-72(112)53(41-96)89-73(113)54-30-33-79-66-51(84-60(103)28-29-62(105)106)36-46-37-56(99)57(100)38-55(46)93(54)66)67(107)81-39-61(104)83-48(24-18-34-91(117)42-97)69(109)86-49-23-15-17-32-80-68(108)52(40-95)88-71(111)50(87-70(49)110)25-19-35-92(118)43-98/h9-11,20-21,36-38,42-44,47-50,52-54,63-66,75,79,82,95-96,99-100,117-118H,4-8,12-19,22-35,39-41H2,1-3H3,(H,78,101)(H,80,108)(H,81,107)(H,83,104)(H,84,103)(H,85,112)(H,86,109)(H,87,110)(H,88,111)(H,89,113)(H,90,102)(H,105,106)(H,115,116)/t44?,47-,48?,49-,50?,52+,53+,54-,63-,64+,65-,66?,75+/m0/s1. The van der Waals surface area contributed by atoms with Crippen molar-refractivity contribution in [1.29, 1.82) is 0 Å². The topological polar surface area (TPSA) is 604 Å². The third-order valence-electron chi connectivity index (χ3n) is 21.0. The number of nitrogens with zero attached hydrogens (tertiary/aromatic N) is 4. The molecule has 4 fully saturated rings. The number of hydroxylamine groups is 4. The van der Waals surface area contributed by atoms with Crippen LogP contribution in [0, 0.1) is 0 Å². The Morgan fingerprint density at radius 3 is 1.96 bits per heavy atom. The van der Waals surface area contributed by atoms with E-state index in [1.807, 2.05) is 51.1 Å². The molecule has 7 rings (SSSR count). The number of fused-ring (bicyclic) bond motifs is 4. The lowest BCUT2D eigenvalue weighted by atomic mass is 9.94. The first-order chi connectivity index (χ1) is 56.8. The number of aliphatic hydroxyl groups is 2. The fraction of sp³-hybridized carbons (Fsp3) is 0.610. The number of anilines is 1. The van der Waals surface area contributed by atoms with Crippen LogP contribution in [0.1, 0.15) is 179 Å². The number of carbonyl (C=O) groups is 16. The van der Waals surface area contributed by atoms with Gasteiger partial charge in [-0.1, -0.05) is 62.4 Å². The quantitative estimate of drug-likeness (QED) is 0.00823. The first kappa shape index (κ1) is 95.4. The highest BCUT2D eigenvalue weighted by atomic mass is 32.2. The highest BCUT2D eigenvalue weighted by molar-refractivity contribution is 8.01. The molecule has 5 aliphatic heterocycles. The lowest BCUT2D eigenvalue weighted by molar-refractivity contribution is -0.160. The number of amides is 14. The number of thioether (sulfide) groups is 1. The molecule has 2 aromatic rings. The summed E-state index contributed by atoms with van der Waals surface area (Å²) in [6.45, 7) is 2.34. The number of carbonyl (C=O) groups excluding carboxylic acids is 14. The second-order valence-corrected chi connectivity index (χ2v) is 32.2. The van der Waals surface area contributed by atoms with Gasteiger partial charge in [-0.05, 0) is 128 Å². The summed E-state index contributed by atoms with van der Waals surface area (Å²) in [6, 6.07) is -1.19. The smallest absolute Gasteiger partial charge is 0.327 e. The molecule has 119 heavy (non-hydrogen) atoms. The molecule has 5 heterocycles. The van der Waals surface area contributed by atoms with Crippen molar-refractivity contribution < 1.29 is 118 Å². The number of carboxylic acid groups (broad SMARTS) is 2. The fourth-order valence-electron chi connectivity index (χ4n) is 14.7. The monoisotopic (exact) mass is 1690 g/mol. The van der Waals surface area contributed by atoms with Gasteiger partial charge in [-0.3, -0.25) is 93.0 Å². The summed E-state index contributed by atoms with van der Waals surface area (Å²) < 4.78 is -0.690. The van der Waals surface area contributed by atoms with E-state index in [0.29, 0.717) is 17.9 Å². The van der Waals surface area contributed by atoms with Crippen LogP contribution in [0.25, 0.3) is 6.08 Å². The van der Waals surface area contributed by atoms with Crippen LogP contribution in [0.3, 0.4) is 0 Å². The molecule has 14 amide bonds. The summed E-state index contributed by atoms with van der Waals surface area (Å²) >= 11 is 1.44. The van der Waals surface area contributed by atoms with Crippen molar-refractivity contribution in [2.75, 3.05) is 57.4 Å². The first-order valence-corrected chi connectivity index (χ1v) is 41.0. The molecule has 0 aromatic heterocycles. The molecule has 656 valence electrons. The van der Waals surface area contributed by atoms with E-state index >= 15 is 0 Å². The Hall–Kier alpha value is -10.8. The number of nitrogens with one attached hydrogen (secondary N) is 13. The van der Waals surface area contributed by atoms with Gasteiger partial charge in [-0.15, -0.1) is 11.8 Å². The number of β-lactam (4-membered cyclic amide) rings is 1. The van der Waals surface area contributed by atoms with Crippen molar-refractivity contribution in [2.24, 2.45) is 0 Å². The van der Waals surface area contributed by atoms with Gasteiger partial charge in [0.1, 0.15) is 65.9 Å². The molecule has 42 heteroatoms. The predicted molar refractivity (Wildman–Crippen MR) is 424 cm³/mol. The van der Waals surface area contributed by atoms with E-state index in [1.54, 1.807) is 0 Å². The second kappa shape index (κ2) is 47.1. The summed E-state index contributed by atoms with van der Waals surface area (Å²) in [5.74, 6) is -12.4. The van der Waals surface area contributed by atoms with E-state index in [1.165, 1.54) is 39.8 Å². The average molecular weight is 1690 g/mol. The largest absolute Gasteiger partial charge is 0.504 e. The van der Waals surface area contributed by atoms with Crippen LogP contribution < -0.4 is 74.0 Å². The van der Waals surface area contributed by atoms with E-state index in [2.05, 4.69) is 69.1 Å². The highest BCUT2D eigenvalue weighted by Gasteiger charge is 2.64. The van der Waals surface area contributed by atoms with E-state index < -0.39 is 181 Å². The number of unbranched alkanes of at least 4 members (excludes halogenated alkanes) is 7. The minimum absolute atomic E-state index is 0.00711. The molecule has 41 nitrogen and oxygen atoms in total. The SMILES string of the molecule is CC(N[C@@H]1C(=O)N2[C@@H]1SC(C)(C)[C@@H]2C(=O)O)[C@H](NC(=O)CCCCCCCCCC(=O)NCCCC[C@H](NC(=O)[C@@H](CO)NC(=O)[C@@H]1CCNC2C(NC(=O)CCC(=O)O)=Cc3cc(O)c(O)cc3N21)C(=O)NCC(=O)NC(CCCN(O)C=O)C(=O)N[C@H]1CCCCNC(=O)[C@@H](CO)NC(=O)C(CCCN(O)C=O)NC1=O)c1ccccc1. The van der Waals surface area contributed by atoms with Crippen molar-refractivity contribution in [3.63, 3.8) is 0 Å². The molecule has 0 bridgehead atoms. The van der Waals surface area contributed by atoms with Gasteiger partial charge in [-0.25, -0.2) is 14.9 Å². The molecule has 0 radical (unpaired) electrons. The summed E-state index contributed by atoms with van der Waals surface area (Å²) in [4.78, 5) is 213. The number of carboxylic acids is 2. The number of aliphatic hydroxyl groups excluding tert-OH is 2. The number of phenols is 2. The summed E-state index contributed by atoms with van der Waals surface area (Å²) in [7, 11) is 0. The van der Waals surface area contributed by atoms with Crippen LogP contribution in [0.4, 0.5) is 5.69 Å². The van der Waals surface area contributed by atoms with Crippen LogP contribution >= 0.6 is 11.8 Å². The van der Waals surface area contributed by atoms with Gasteiger partial charge in [0.15, 0.2) is 11.5 Å². The number of hydrogen-bond acceptors (Lipinski definition) is 26. The van der Waals surface area contributed by atoms with Crippen molar-refractivity contribution >= 4 is 119 Å². The van der Waals surface area contributed by atoms with Crippen LogP contribution in [0.2, 0.25) is 0 Å². The van der Waals surface area contributed by atoms with E-state index in [4.69, 9.17) is 0 Å². The fourth-order valence-corrected chi connectivity index (χ4v) is 16.3. The molecule has 2 aromatic carbocycles. The van der Waals surface area contributed by atoms with Crippen molar-refractivity contribution in [1.82, 2.24) is 84.1 Å². The minimum atomic E-state index is -1.78. The Morgan fingerprint density at radius 2 is 1.29 bits per heavy atom. The lowest BCUT2D eigenvalue weighted by Crippen LogP contribution is -2.71. The van der Waals surface area contributed by atoms with Gasteiger partial charge in [-0.2, -0.15) is 0 Å². The van der Waals surface area contributed by atoms with Crippen LogP contribution in [0.5, 0.6) is 11.5 Å². The second-order valence-electron chi connectivity index (χ2n) is 30.4. The van der Waals surface area contributed by atoms with Crippen molar-refractivity contribution in [3.05, 3.63) is 59.3 Å². The molecule has 21 N–H and O–H groups in total. The Kier molecular flexibility index (Phi) is 37.8. The summed E-state index contributed by atoms with van der Waals surface area (Å²) in [6.07, 6.45) is 5.10. The molecule has 0 aliphatic carbocycles. The number of aromatic hydroxyl groups is 2. The Balaban J connectivity index is 0.953. The molecule has 0 spiro atoms. The normalized spacial score (nSPS) is 21.4. The van der Waals surface area contributed by atoms with Gasteiger partial charge >= 0.3 is 11.9 Å². The number of benzene rings is 2. The average Bonchev–Trinajstić information content (AvgIpc) is 1.57. The van der Waals surface area contributed by atoms with Crippen molar-refractivity contribution in [2.45, 2.75) is 245 Å². The zero-order chi connectivity index (χ0) is 87.0. The molecule has 4 saturated heterocycles. The number of phenolic OH excluding ortho intramolecular Hbond substituents is 2. The summed E-state index contributed by atoms with van der Waals surface area (Å²) in [5, 5.41) is 116. The van der Waals surface area contributed by atoms with E-state index in [-0.39, 0.29) is 180 Å². The van der Waals surface area contributed by atoms with Gasteiger partial charge in [0.05, 0.1) is 43.6 Å². The molecule has 5 aliphatic rings. The summed E-state index contributed by atoms with van der Waals surface area (Å²) in [5.41, 5.74) is 1.35. The first-order valence-electron chi connectivity index (χ1n) is 40.1. The maximum atomic E-state index is 14.5. The molecule has 0 saturated carbocycles. The Bertz CT molecular complexity index is 3940. The molecular weight excluding hydrogens is 1580 g/mol. The highest BCUT2D eigenvalue weighted by Crippen LogP contribution is 2.51. The minimum Gasteiger partial charge on any atom is -0.504 e. The van der Waals surface area contributed by atoms with Gasteiger partial charge in [0.2, 0.25) is 83.7 Å². The maximum absolute atomic E-state index is 14.5. The third-order valence-corrected chi connectivity index (χ3v) is 22.6. The van der Waals surface area contributed by atoms with Gasteiger partial charge < -0.3 is 98.9 Å². The maximum Gasteiger partial charge on any atom is 0.327 e. The molecular formula is C77H113N17O24S. The van der Waals surface area contributed by atoms with Gasteiger partial charge in [0.25, 0.3) is 0 Å². The van der Waals surface area contributed by atoms with Crippen LogP contribution in [0.15, 0.2) is 48.2 Å². The number of hydrogen-bond donors (Lipinski definition) is 21. The van der Waals surface area contributed by atoms with E-state index in [0.717, 1.165) is 37.7 Å². The lowest BCUT2D eigenvalue weighted by Gasteiger charge is -2.47. The van der Waals surface area contributed by atoms with Crippen LogP contribution in [-0.2, 0) is 76.7 Å². The Morgan fingerprint density at radius 1 is 0.647 bits per heavy atom. The zero-order valence-corrected chi connectivity index (χ0v) is 67.6. The molecule has 4 unspecified atom stereocenters. The number of rotatable bonds is 47. The Labute approximate surface area is 691 Å². The van der Waals surface area contributed by atoms with Crippen molar-refractivity contribution in [3.8, 4) is 11.5 Å². The van der Waals surface area contributed by atoms with Gasteiger partial charge in [0, 0.05) is 67.9 Å². The van der Waals surface area contributed by atoms with Crippen LogP contribution in [-0.4, -0.2) is 281 Å². The molecule has 13 atom stereocenters. The predicted octanol–water partition coefficient (Wildman–Crippen LogP) is -2.36. The number of aliphatic carboxylic acids is 2. The van der Waals surface area contributed by atoms with E-state index in [9.17, 15) is 118 Å².